The fraction of sp³-hybridized carbons (Fsp3) is 0.250. The third kappa shape index (κ3) is 3.26. The van der Waals surface area contributed by atoms with Crippen molar-refractivity contribution in [3.05, 3.63) is 47.5 Å². The summed E-state index contributed by atoms with van der Waals surface area (Å²) in [7, 11) is 1.96. The molecule has 2 aromatic rings. The van der Waals surface area contributed by atoms with E-state index in [1.54, 1.807) is 18.0 Å². The number of thioether (sulfide) groups is 1. The Bertz CT molecular complexity index is 514. The number of hydrogen-bond acceptors (Lipinski definition) is 4. The molecule has 1 aromatic carbocycles. The number of aryl methyl sites for hydroxylation is 1. The van der Waals surface area contributed by atoms with Gasteiger partial charge in [-0.3, -0.25) is 5.84 Å². The van der Waals surface area contributed by atoms with Gasteiger partial charge in [0.1, 0.15) is 5.82 Å². The van der Waals surface area contributed by atoms with Crippen molar-refractivity contribution in [1.29, 1.82) is 0 Å². The van der Waals surface area contributed by atoms with Gasteiger partial charge in [0, 0.05) is 35.1 Å². The zero-order chi connectivity index (χ0) is 13.0. The molecular weight excluding hydrogens is 268 g/mol. The topological polar surface area (TPSA) is 55.9 Å². The molecule has 18 heavy (non-hydrogen) atoms. The molecule has 3 N–H and O–H groups in total. The van der Waals surface area contributed by atoms with Gasteiger partial charge in [-0.25, -0.2) is 10.4 Å². The van der Waals surface area contributed by atoms with Gasteiger partial charge >= 0.3 is 0 Å². The summed E-state index contributed by atoms with van der Waals surface area (Å²) in [5.41, 5.74) is 2.79. The van der Waals surface area contributed by atoms with Crippen molar-refractivity contribution in [2.45, 2.75) is 10.9 Å². The Hall–Kier alpha value is -1.01. The predicted octanol–water partition coefficient (Wildman–Crippen LogP) is 2.37. The number of aromatic nitrogens is 2. The predicted molar refractivity (Wildman–Crippen MR) is 75.4 cm³/mol. The van der Waals surface area contributed by atoms with E-state index in [9.17, 15) is 0 Å². The third-order valence-corrected chi connectivity index (χ3v) is 3.91. The van der Waals surface area contributed by atoms with Gasteiger partial charge in [-0.2, -0.15) is 0 Å². The molecule has 0 radical (unpaired) electrons. The Balaban J connectivity index is 2.02. The number of benzene rings is 1. The second-order valence-electron chi connectivity index (χ2n) is 3.88. The van der Waals surface area contributed by atoms with Gasteiger partial charge in [0.2, 0.25) is 0 Å². The van der Waals surface area contributed by atoms with Gasteiger partial charge in [0.05, 0.1) is 6.04 Å². The van der Waals surface area contributed by atoms with Crippen LogP contribution in [0.15, 0.2) is 41.6 Å². The lowest BCUT2D eigenvalue weighted by Gasteiger charge is -2.15. The maximum absolute atomic E-state index is 5.95. The highest BCUT2D eigenvalue weighted by molar-refractivity contribution is 7.99. The van der Waals surface area contributed by atoms with Crippen LogP contribution in [-0.4, -0.2) is 15.3 Å². The number of imidazole rings is 1. The fourth-order valence-corrected chi connectivity index (χ4v) is 2.89. The smallest absolute Gasteiger partial charge is 0.127 e. The number of nitrogens with one attached hydrogen (secondary N) is 1. The molecule has 1 heterocycles. The molecule has 0 saturated heterocycles. The van der Waals surface area contributed by atoms with E-state index in [1.807, 2.05) is 42.1 Å². The highest BCUT2D eigenvalue weighted by Crippen LogP contribution is 2.25. The molecule has 0 spiro atoms. The van der Waals surface area contributed by atoms with Crippen molar-refractivity contribution in [2.75, 3.05) is 5.75 Å². The molecule has 6 heteroatoms. The van der Waals surface area contributed by atoms with Crippen LogP contribution in [0.2, 0.25) is 5.02 Å². The van der Waals surface area contributed by atoms with Crippen LogP contribution in [-0.2, 0) is 7.05 Å². The SMILES string of the molecule is Cn1ccnc1C(CSc1cccc(Cl)c1)NN. The number of halogens is 1. The molecule has 1 unspecified atom stereocenters. The third-order valence-electron chi connectivity index (χ3n) is 2.58. The minimum atomic E-state index is 0.00832. The zero-order valence-corrected chi connectivity index (χ0v) is 11.6. The molecule has 4 nitrogen and oxygen atoms in total. The van der Waals surface area contributed by atoms with Crippen molar-refractivity contribution in [3.8, 4) is 0 Å². The molecule has 1 aromatic heterocycles. The molecule has 0 saturated carbocycles. The summed E-state index contributed by atoms with van der Waals surface area (Å²) < 4.78 is 1.96. The molecule has 0 aliphatic heterocycles. The van der Waals surface area contributed by atoms with Crippen molar-refractivity contribution < 1.29 is 0 Å². The number of hydrogen-bond donors (Lipinski definition) is 2. The number of nitrogens with two attached hydrogens (primary N) is 1. The monoisotopic (exact) mass is 282 g/mol. The first-order chi connectivity index (χ1) is 8.70. The quantitative estimate of drug-likeness (QED) is 0.502. The summed E-state index contributed by atoms with van der Waals surface area (Å²) in [5.74, 6) is 7.30. The Morgan fingerprint density at radius 1 is 1.56 bits per heavy atom. The normalized spacial score (nSPS) is 12.6. The summed E-state index contributed by atoms with van der Waals surface area (Å²) in [6.45, 7) is 0. The standard InChI is InChI=1S/C12H15ClN4S/c1-17-6-5-15-12(17)11(16-14)8-18-10-4-2-3-9(13)7-10/h2-7,11,16H,8,14H2,1H3. The maximum Gasteiger partial charge on any atom is 0.127 e. The number of nitrogens with zero attached hydrogens (tertiary/aromatic N) is 2. The number of rotatable bonds is 5. The van der Waals surface area contributed by atoms with E-state index < -0.39 is 0 Å². The summed E-state index contributed by atoms with van der Waals surface area (Å²) in [6, 6.07) is 7.79. The second kappa shape index (κ2) is 6.24. The van der Waals surface area contributed by atoms with Crippen LogP contribution in [0.4, 0.5) is 0 Å². The van der Waals surface area contributed by atoms with Crippen molar-refractivity contribution in [1.82, 2.24) is 15.0 Å². The largest absolute Gasteiger partial charge is 0.337 e. The van der Waals surface area contributed by atoms with Crippen LogP contribution in [0.5, 0.6) is 0 Å². The van der Waals surface area contributed by atoms with Gasteiger partial charge in [0.15, 0.2) is 0 Å². The molecule has 0 aliphatic carbocycles. The molecule has 0 bridgehead atoms. The molecule has 2 rings (SSSR count). The van der Waals surface area contributed by atoms with Crippen LogP contribution in [0.1, 0.15) is 11.9 Å². The first-order valence-corrected chi connectivity index (χ1v) is 6.89. The minimum Gasteiger partial charge on any atom is -0.337 e. The van der Waals surface area contributed by atoms with Gasteiger partial charge in [-0.1, -0.05) is 17.7 Å². The Morgan fingerprint density at radius 2 is 2.39 bits per heavy atom. The lowest BCUT2D eigenvalue weighted by molar-refractivity contribution is 0.557. The molecule has 0 aliphatic rings. The van der Waals surface area contributed by atoms with E-state index in [2.05, 4.69) is 10.4 Å². The van der Waals surface area contributed by atoms with E-state index in [0.29, 0.717) is 0 Å². The van der Waals surface area contributed by atoms with Crippen LogP contribution >= 0.6 is 23.4 Å². The first kappa shape index (κ1) is 13.4. The van der Waals surface area contributed by atoms with Gasteiger partial charge in [-0.15, -0.1) is 11.8 Å². The summed E-state index contributed by atoms with van der Waals surface area (Å²) in [5, 5.41) is 0.745. The average Bonchev–Trinajstić information content (AvgIpc) is 2.77. The summed E-state index contributed by atoms with van der Waals surface area (Å²) in [6.07, 6.45) is 3.67. The maximum atomic E-state index is 5.95. The zero-order valence-electron chi connectivity index (χ0n) is 10.0. The van der Waals surface area contributed by atoms with Crippen LogP contribution in [0.3, 0.4) is 0 Å². The molecular formula is C12H15ClN4S. The molecule has 96 valence electrons. The minimum absolute atomic E-state index is 0.00832. The summed E-state index contributed by atoms with van der Waals surface area (Å²) >= 11 is 7.64. The Kier molecular flexibility index (Phi) is 4.66. The van der Waals surface area contributed by atoms with Crippen molar-refractivity contribution >= 4 is 23.4 Å². The van der Waals surface area contributed by atoms with E-state index in [4.69, 9.17) is 17.4 Å². The first-order valence-electron chi connectivity index (χ1n) is 5.52. The van der Waals surface area contributed by atoms with Gasteiger partial charge < -0.3 is 4.57 Å². The van der Waals surface area contributed by atoms with Gasteiger partial charge in [0.25, 0.3) is 0 Å². The lowest BCUT2D eigenvalue weighted by Crippen LogP contribution is -2.31. The van der Waals surface area contributed by atoms with E-state index >= 15 is 0 Å². The van der Waals surface area contributed by atoms with Crippen molar-refractivity contribution in [3.63, 3.8) is 0 Å². The summed E-state index contributed by atoms with van der Waals surface area (Å²) in [4.78, 5) is 5.42. The molecule has 0 amide bonds. The van der Waals surface area contributed by atoms with Gasteiger partial charge in [-0.05, 0) is 18.2 Å². The fourth-order valence-electron chi connectivity index (χ4n) is 1.65. The second-order valence-corrected chi connectivity index (χ2v) is 5.41. The Morgan fingerprint density at radius 3 is 3.00 bits per heavy atom. The lowest BCUT2D eigenvalue weighted by atomic mass is 10.3. The number of hydrazine groups is 1. The Labute approximate surface area is 116 Å². The average molecular weight is 283 g/mol. The van der Waals surface area contributed by atoms with E-state index in [-0.39, 0.29) is 6.04 Å². The van der Waals surface area contributed by atoms with E-state index in [0.717, 1.165) is 21.5 Å². The molecule has 0 fully saturated rings. The van der Waals surface area contributed by atoms with Crippen molar-refractivity contribution in [2.24, 2.45) is 12.9 Å². The van der Waals surface area contributed by atoms with Crippen LogP contribution in [0, 0.1) is 0 Å². The highest BCUT2D eigenvalue weighted by atomic mass is 35.5. The van der Waals surface area contributed by atoms with Crippen LogP contribution < -0.4 is 11.3 Å². The molecule has 1 atom stereocenters. The highest BCUT2D eigenvalue weighted by Gasteiger charge is 2.14. The van der Waals surface area contributed by atoms with Crippen LogP contribution in [0.25, 0.3) is 0 Å². The van der Waals surface area contributed by atoms with E-state index in [1.165, 1.54) is 0 Å².